The number of rotatable bonds is 2. The Morgan fingerprint density at radius 3 is 2.67 bits per heavy atom. The third-order valence-corrected chi connectivity index (χ3v) is 3.60. The van der Waals surface area contributed by atoms with Crippen molar-refractivity contribution >= 4 is 11.6 Å². The number of carbonyl (C=O) groups is 2. The Kier molecular flexibility index (Phi) is 3.48. The lowest BCUT2D eigenvalue weighted by molar-refractivity contribution is -0.162. The molecule has 18 heavy (non-hydrogen) atoms. The minimum absolute atomic E-state index is 0.0240. The van der Waals surface area contributed by atoms with E-state index in [9.17, 15) is 14.8 Å². The highest BCUT2D eigenvalue weighted by atomic mass is 16.5. The summed E-state index contributed by atoms with van der Waals surface area (Å²) < 4.78 is 0. The highest BCUT2D eigenvalue weighted by molar-refractivity contribution is 6.07. The molecule has 2 aliphatic rings. The fraction of sp³-hybridized carbons (Fsp3) is 0.429. The Balaban J connectivity index is 2.21. The highest BCUT2D eigenvalue weighted by Gasteiger charge is 2.39. The van der Waals surface area contributed by atoms with Gasteiger partial charge in [-0.25, -0.2) is 0 Å². The zero-order valence-electron chi connectivity index (χ0n) is 10.4. The van der Waals surface area contributed by atoms with Crippen LogP contribution in [0.2, 0.25) is 0 Å². The lowest BCUT2D eigenvalue weighted by atomic mass is 9.82. The van der Waals surface area contributed by atoms with E-state index in [0.717, 1.165) is 17.9 Å². The molecule has 1 atom stereocenters. The van der Waals surface area contributed by atoms with E-state index in [1.165, 1.54) is 12.3 Å². The van der Waals surface area contributed by atoms with Crippen molar-refractivity contribution < 1.29 is 14.8 Å². The smallest absolute Gasteiger partial charge is 0.187 e. The maximum atomic E-state index is 11.9. The zero-order chi connectivity index (χ0) is 13.2. The number of hydrogen-bond acceptors (Lipinski definition) is 4. The first-order valence-corrected chi connectivity index (χ1v) is 6.16. The molecule has 1 saturated carbocycles. The van der Waals surface area contributed by atoms with E-state index < -0.39 is 5.54 Å². The van der Waals surface area contributed by atoms with Crippen LogP contribution in [0, 0.1) is 0 Å². The van der Waals surface area contributed by atoms with Gasteiger partial charge < -0.3 is 0 Å². The molecule has 0 spiro atoms. The van der Waals surface area contributed by atoms with Crippen molar-refractivity contribution in [1.29, 1.82) is 0 Å². The van der Waals surface area contributed by atoms with Crippen LogP contribution in [0.1, 0.15) is 32.6 Å². The first-order chi connectivity index (χ1) is 8.54. The average molecular weight is 247 g/mol. The second-order valence-electron chi connectivity index (χ2n) is 4.92. The van der Waals surface area contributed by atoms with Gasteiger partial charge in [-0.3, -0.25) is 19.9 Å². The van der Waals surface area contributed by atoms with Crippen molar-refractivity contribution in [3.05, 3.63) is 36.1 Å². The van der Waals surface area contributed by atoms with Gasteiger partial charge in [-0.05, 0) is 31.9 Å². The molecule has 0 aliphatic heterocycles. The van der Waals surface area contributed by atoms with Gasteiger partial charge in [0.05, 0.1) is 0 Å². The molecule has 2 rings (SSSR count). The van der Waals surface area contributed by atoms with Crippen LogP contribution in [0.25, 0.3) is 0 Å². The average Bonchev–Trinajstić information content (AvgIpc) is 2.36. The molecule has 0 radical (unpaired) electrons. The van der Waals surface area contributed by atoms with Gasteiger partial charge in [0.15, 0.2) is 11.6 Å². The number of Topliss-reactive ketones (excluding diaryl/α,β-unsaturated/α-hetero) is 1. The van der Waals surface area contributed by atoms with Crippen LogP contribution >= 0.6 is 0 Å². The molecule has 0 aromatic carbocycles. The lowest BCUT2D eigenvalue weighted by Crippen LogP contribution is -2.50. The van der Waals surface area contributed by atoms with Gasteiger partial charge in [0.25, 0.3) is 0 Å². The van der Waals surface area contributed by atoms with Gasteiger partial charge in [0.1, 0.15) is 5.54 Å². The second-order valence-corrected chi connectivity index (χ2v) is 4.92. The number of hydroxylamine groups is 2. The minimum Gasteiger partial charge on any atom is -0.297 e. The Morgan fingerprint density at radius 2 is 2.00 bits per heavy atom. The Morgan fingerprint density at radius 1 is 1.28 bits per heavy atom. The molecule has 4 nitrogen and oxygen atoms in total. The molecule has 1 unspecified atom stereocenters. The van der Waals surface area contributed by atoms with Crippen molar-refractivity contribution in [2.75, 3.05) is 0 Å². The van der Waals surface area contributed by atoms with Crippen LogP contribution in [0.5, 0.6) is 0 Å². The number of hydrogen-bond donors (Lipinski definition) is 1. The third-order valence-electron chi connectivity index (χ3n) is 3.60. The Hall–Kier alpha value is -1.68. The predicted molar refractivity (Wildman–Crippen MR) is 66.9 cm³/mol. The minimum atomic E-state index is -0.902. The van der Waals surface area contributed by atoms with Gasteiger partial charge in [-0.1, -0.05) is 18.6 Å². The first-order valence-electron chi connectivity index (χ1n) is 6.16. The summed E-state index contributed by atoms with van der Waals surface area (Å²) in [5, 5.41) is 11.0. The normalized spacial score (nSPS) is 30.0. The molecule has 0 aromatic heterocycles. The van der Waals surface area contributed by atoms with E-state index in [-0.39, 0.29) is 11.6 Å². The molecular weight excluding hydrogens is 230 g/mol. The van der Waals surface area contributed by atoms with E-state index in [0.29, 0.717) is 18.4 Å². The highest BCUT2D eigenvalue weighted by Crippen LogP contribution is 2.30. The van der Waals surface area contributed by atoms with Gasteiger partial charge in [-0.2, -0.15) is 0 Å². The van der Waals surface area contributed by atoms with Crippen LogP contribution < -0.4 is 0 Å². The van der Waals surface area contributed by atoms with Gasteiger partial charge in [-0.15, -0.1) is 0 Å². The van der Waals surface area contributed by atoms with Gasteiger partial charge in [0.2, 0.25) is 0 Å². The fourth-order valence-electron chi connectivity index (χ4n) is 2.27. The molecule has 0 bridgehead atoms. The fourth-order valence-corrected chi connectivity index (χ4v) is 2.27. The number of allylic oxidation sites excluding steroid dienone is 5. The lowest BCUT2D eigenvalue weighted by Gasteiger charge is -2.37. The monoisotopic (exact) mass is 247 g/mol. The largest absolute Gasteiger partial charge is 0.297 e. The van der Waals surface area contributed by atoms with Crippen LogP contribution in [0.15, 0.2) is 36.1 Å². The summed E-state index contributed by atoms with van der Waals surface area (Å²) in [5.41, 5.74) is -0.514. The third kappa shape index (κ3) is 2.29. The van der Waals surface area contributed by atoms with Crippen LogP contribution in [-0.2, 0) is 9.59 Å². The Bertz CT molecular complexity index is 462. The quantitative estimate of drug-likeness (QED) is 0.600. The van der Waals surface area contributed by atoms with E-state index in [1.807, 2.05) is 0 Å². The van der Waals surface area contributed by atoms with Crippen LogP contribution in [0.3, 0.4) is 0 Å². The Labute approximate surface area is 106 Å². The first kappa shape index (κ1) is 12.8. The molecule has 0 heterocycles. The van der Waals surface area contributed by atoms with Crippen LogP contribution in [-0.4, -0.2) is 27.4 Å². The molecule has 1 fully saturated rings. The number of carbonyl (C=O) groups excluding carboxylic acids is 2. The van der Waals surface area contributed by atoms with Crippen molar-refractivity contribution in [1.82, 2.24) is 5.06 Å². The molecule has 2 aliphatic carbocycles. The number of nitrogens with zero attached hydrogens (tertiary/aromatic N) is 1. The standard InChI is InChI=1S/C14H17NO3/c1-14(9-5-4-8-13(14)17)15(18)10-11-6-2-3-7-12(11)16/h2-3,6-7,10,18H,4-5,8-9H2,1H3. The van der Waals surface area contributed by atoms with E-state index in [1.54, 1.807) is 25.2 Å². The summed E-state index contributed by atoms with van der Waals surface area (Å²) in [6, 6.07) is 0. The predicted octanol–water partition coefficient (Wildman–Crippen LogP) is 2.16. The van der Waals surface area contributed by atoms with Gasteiger partial charge >= 0.3 is 0 Å². The molecule has 0 amide bonds. The molecule has 0 saturated heterocycles. The van der Waals surface area contributed by atoms with Crippen LogP contribution in [0.4, 0.5) is 0 Å². The summed E-state index contributed by atoms with van der Waals surface area (Å²) >= 11 is 0. The van der Waals surface area contributed by atoms with E-state index in [4.69, 9.17) is 0 Å². The van der Waals surface area contributed by atoms with Crippen molar-refractivity contribution in [3.8, 4) is 0 Å². The summed E-state index contributed by atoms with van der Waals surface area (Å²) in [5.74, 6) is -0.140. The van der Waals surface area contributed by atoms with Gasteiger partial charge in [0, 0.05) is 18.2 Å². The van der Waals surface area contributed by atoms with Crippen molar-refractivity contribution in [3.63, 3.8) is 0 Å². The molecule has 1 N–H and O–H groups in total. The van der Waals surface area contributed by atoms with Crippen molar-refractivity contribution in [2.45, 2.75) is 38.1 Å². The van der Waals surface area contributed by atoms with Crippen molar-refractivity contribution in [2.24, 2.45) is 0 Å². The molecule has 4 heteroatoms. The summed E-state index contributed by atoms with van der Waals surface area (Å²) in [4.78, 5) is 23.5. The summed E-state index contributed by atoms with van der Waals surface area (Å²) in [7, 11) is 0. The summed E-state index contributed by atoms with van der Waals surface area (Å²) in [6.45, 7) is 1.72. The maximum absolute atomic E-state index is 11.9. The second kappa shape index (κ2) is 4.90. The van der Waals surface area contributed by atoms with E-state index >= 15 is 0 Å². The molecule has 0 aromatic rings. The van der Waals surface area contributed by atoms with E-state index in [2.05, 4.69) is 0 Å². The maximum Gasteiger partial charge on any atom is 0.187 e. The summed E-state index contributed by atoms with van der Waals surface area (Å²) in [6.07, 6.45) is 10.7. The SMILES string of the molecule is CC1(N(O)C=C2C=CC=CC2=O)CCCCC1=O. The number of ketones is 2. The molecule has 96 valence electrons. The zero-order valence-corrected chi connectivity index (χ0v) is 10.4. The molecular formula is C14H17NO3. The topological polar surface area (TPSA) is 57.6 Å².